The summed E-state index contributed by atoms with van der Waals surface area (Å²) < 4.78 is 10.3. The zero-order chi connectivity index (χ0) is 13.1. The Kier molecular flexibility index (Phi) is 3.57. The van der Waals surface area contributed by atoms with E-state index in [1.54, 1.807) is 31.3 Å². The number of hydrogen-bond donors (Lipinski definition) is 2. The van der Waals surface area contributed by atoms with Crippen LogP contribution in [0.25, 0.3) is 0 Å². The van der Waals surface area contributed by atoms with Gasteiger partial charge in [-0.1, -0.05) is 23.7 Å². The van der Waals surface area contributed by atoms with Gasteiger partial charge in [-0.05, 0) is 12.1 Å². The third kappa shape index (κ3) is 3.04. The molecule has 18 heavy (non-hydrogen) atoms. The van der Waals surface area contributed by atoms with Gasteiger partial charge in [-0.15, -0.1) is 0 Å². The van der Waals surface area contributed by atoms with E-state index < -0.39 is 7.12 Å². The maximum atomic E-state index is 9.54. The van der Waals surface area contributed by atoms with Crippen LogP contribution in [0.1, 0.15) is 0 Å². The van der Waals surface area contributed by atoms with Crippen LogP contribution in [-0.2, 0) is 9.31 Å². The number of hydrogen-bond acceptors (Lipinski definition) is 5. The lowest BCUT2D eigenvalue weighted by atomic mass is 9.79. The van der Waals surface area contributed by atoms with E-state index in [9.17, 15) is 10.2 Å². The normalized spacial score (nSPS) is 15.9. The highest BCUT2D eigenvalue weighted by molar-refractivity contribution is 6.61. The van der Waals surface area contributed by atoms with Gasteiger partial charge in [0.2, 0.25) is 0 Å². The molecule has 0 aromatic heterocycles. The molecule has 2 N–H and O–H groups in total. The van der Waals surface area contributed by atoms with Gasteiger partial charge in [0.25, 0.3) is 11.9 Å². The number of aliphatic hydroxyl groups is 2. The zero-order valence-electron chi connectivity index (χ0n) is 9.58. The van der Waals surface area contributed by atoms with Crippen molar-refractivity contribution in [2.24, 2.45) is 0 Å². The summed E-state index contributed by atoms with van der Waals surface area (Å²) in [4.78, 5) is 1.41. The SMILES string of the molecule is CN1C=C(O)OB(c2ccc(Cl)cc2)OC(O)=C1. The van der Waals surface area contributed by atoms with E-state index in [2.05, 4.69) is 0 Å². The van der Waals surface area contributed by atoms with Crippen molar-refractivity contribution >= 4 is 24.2 Å². The Hall–Kier alpha value is -1.95. The molecule has 0 aliphatic carbocycles. The van der Waals surface area contributed by atoms with Crippen molar-refractivity contribution in [3.05, 3.63) is 53.6 Å². The summed E-state index contributed by atoms with van der Waals surface area (Å²) in [5, 5.41) is 19.6. The summed E-state index contributed by atoms with van der Waals surface area (Å²) >= 11 is 5.78. The standard InChI is InChI=1S/C11H11BClNO4/c1-14-6-10(15)17-12(18-11(16)7-14)8-2-4-9(13)5-3-8/h2-7,15-16H,1H3. The van der Waals surface area contributed by atoms with Crippen molar-refractivity contribution in [2.75, 3.05) is 7.05 Å². The summed E-state index contributed by atoms with van der Waals surface area (Å²) in [6.07, 6.45) is 2.61. The first-order chi connectivity index (χ1) is 8.54. The lowest BCUT2D eigenvalue weighted by Gasteiger charge is -2.20. The molecule has 1 aromatic carbocycles. The number of rotatable bonds is 1. The van der Waals surface area contributed by atoms with Crippen molar-refractivity contribution < 1.29 is 19.5 Å². The van der Waals surface area contributed by atoms with E-state index >= 15 is 0 Å². The quantitative estimate of drug-likeness (QED) is 0.759. The molecule has 1 aromatic rings. The second-order valence-electron chi connectivity index (χ2n) is 3.72. The average molecular weight is 267 g/mol. The van der Waals surface area contributed by atoms with Crippen LogP contribution in [0.2, 0.25) is 5.02 Å². The van der Waals surface area contributed by atoms with Gasteiger partial charge in [-0.2, -0.15) is 0 Å². The number of nitrogens with zero attached hydrogens (tertiary/aromatic N) is 1. The molecule has 1 aliphatic rings. The fourth-order valence-corrected chi connectivity index (χ4v) is 1.57. The molecule has 5 nitrogen and oxygen atoms in total. The molecule has 2 rings (SSSR count). The van der Waals surface area contributed by atoms with Gasteiger partial charge >= 0.3 is 7.12 Å². The Morgan fingerprint density at radius 2 is 1.56 bits per heavy atom. The predicted molar refractivity (Wildman–Crippen MR) is 68.2 cm³/mol. The van der Waals surface area contributed by atoms with Gasteiger partial charge in [0, 0.05) is 17.5 Å². The summed E-state index contributed by atoms with van der Waals surface area (Å²) in [5.74, 6) is -0.637. The van der Waals surface area contributed by atoms with Gasteiger partial charge in [-0.3, -0.25) is 0 Å². The van der Waals surface area contributed by atoms with Crippen LogP contribution < -0.4 is 5.46 Å². The smallest absolute Gasteiger partial charge is 0.494 e. The van der Waals surface area contributed by atoms with E-state index in [-0.39, 0.29) is 11.9 Å². The van der Waals surface area contributed by atoms with Crippen LogP contribution in [0, 0.1) is 0 Å². The Morgan fingerprint density at radius 1 is 1.06 bits per heavy atom. The summed E-state index contributed by atoms with van der Waals surface area (Å²) in [5.41, 5.74) is 0.615. The minimum Gasteiger partial charge on any atom is -0.494 e. The lowest BCUT2D eigenvalue weighted by molar-refractivity contribution is 0.124. The third-order valence-electron chi connectivity index (χ3n) is 2.23. The van der Waals surface area contributed by atoms with Gasteiger partial charge in [-0.25, -0.2) is 0 Å². The molecular weight excluding hydrogens is 256 g/mol. The highest BCUT2D eigenvalue weighted by Gasteiger charge is 2.29. The minimum absolute atomic E-state index is 0.318. The Morgan fingerprint density at radius 3 is 2.06 bits per heavy atom. The minimum atomic E-state index is -0.941. The second-order valence-corrected chi connectivity index (χ2v) is 4.16. The van der Waals surface area contributed by atoms with E-state index in [0.29, 0.717) is 10.5 Å². The van der Waals surface area contributed by atoms with Crippen molar-refractivity contribution in [2.45, 2.75) is 0 Å². The molecule has 1 heterocycles. The molecule has 7 heteroatoms. The fraction of sp³-hybridized carbons (Fsp3) is 0.0909. The molecule has 0 fully saturated rings. The van der Waals surface area contributed by atoms with E-state index in [1.165, 1.54) is 17.3 Å². The summed E-state index contributed by atoms with van der Waals surface area (Å²) in [6, 6.07) is 6.68. The molecule has 0 bridgehead atoms. The van der Waals surface area contributed by atoms with E-state index in [0.717, 1.165) is 0 Å². The molecule has 0 amide bonds. The molecule has 0 saturated carbocycles. The number of aliphatic hydroxyl groups excluding tert-OH is 2. The summed E-state index contributed by atoms with van der Waals surface area (Å²) in [6.45, 7) is 0. The van der Waals surface area contributed by atoms with Gasteiger partial charge in [0.05, 0.1) is 12.4 Å². The maximum Gasteiger partial charge on any atom is 0.636 e. The molecule has 0 saturated heterocycles. The topological polar surface area (TPSA) is 62.2 Å². The predicted octanol–water partition coefficient (Wildman–Crippen LogP) is 1.73. The van der Waals surface area contributed by atoms with Gasteiger partial charge < -0.3 is 24.4 Å². The molecule has 1 aliphatic heterocycles. The highest BCUT2D eigenvalue weighted by atomic mass is 35.5. The van der Waals surface area contributed by atoms with E-state index in [1.807, 2.05) is 0 Å². The highest BCUT2D eigenvalue weighted by Crippen LogP contribution is 2.11. The average Bonchev–Trinajstić information content (AvgIpc) is 2.26. The Labute approximate surface area is 110 Å². The lowest BCUT2D eigenvalue weighted by Crippen LogP contribution is -2.37. The molecule has 0 radical (unpaired) electrons. The largest absolute Gasteiger partial charge is 0.636 e. The number of halogens is 1. The van der Waals surface area contributed by atoms with Crippen LogP contribution in [0.15, 0.2) is 48.6 Å². The number of benzene rings is 1. The van der Waals surface area contributed by atoms with Crippen molar-refractivity contribution in [1.82, 2.24) is 4.90 Å². The molecular formula is C11H11BClNO4. The zero-order valence-corrected chi connectivity index (χ0v) is 10.3. The Balaban J connectivity index is 2.26. The van der Waals surface area contributed by atoms with Crippen molar-refractivity contribution in [3.8, 4) is 0 Å². The third-order valence-corrected chi connectivity index (χ3v) is 2.48. The maximum absolute atomic E-state index is 9.54. The van der Waals surface area contributed by atoms with Crippen LogP contribution >= 0.6 is 11.6 Å². The second kappa shape index (κ2) is 5.14. The van der Waals surface area contributed by atoms with Crippen molar-refractivity contribution in [1.29, 1.82) is 0 Å². The first-order valence-electron chi connectivity index (χ1n) is 5.17. The first-order valence-corrected chi connectivity index (χ1v) is 5.54. The van der Waals surface area contributed by atoms with E-state index in [4.69, 9.17) is 20.9 Å². The van der Waals surface area contributed by atoms with Gasteiger partial charge in [0.1, 0.15) is 0 Å². The van der Waals surface area contributed by atoms with Crippen LogP contribution in [0.5, 0.6) is 0 Å². The van der Waals surface area contributed by atoms with Crippen LogP contribution in [-0.4, -0.2) is 29.3 Å². The molecule has 0 unspecified atom stereocenters. The van der Waals surface area contributed by atoms with Crippen LogP contribution in [0.4, 0.5) is 0 Å². The fourth-order valence-electron chi connectivity index (χ4n) is 1.45. The molecule has 0 spiro atoms. The first kappa shape index (κ1) is 12.5. The summed E-state index contributed by atoms with van der Waals surface area (Å²) in [7, 11) is 0.672. The molecule has 94 valence electrons. The monoisotopic (exact) mass is 267 g/mol. The molecule has 0 atom stereocenters. The van der Waals surface area contributed by atoms with Crippen molar-refractivity contribution in [3.63, 3.8) is 0 Å². The Bertz CT molecular complexity index is 466. The van der Waals surface area contributed by atoms with Gasteiger partial charge in [0.15, 0.2) is 0 Å². The van der Waals surface area contributed by atoms with Crippen LogP contribution in [0.3, 0.4) is 0 Å².